The van der Waals surface area contributed by atoms with Crippen molar-refractivity contribution in [3.63, 3.8) is 0 Å². The number of carbonyl (C=O) groups is 1. The fraction of sp³-hybridized carbons (Fsp3) is 0.417. The number of ether oxygens (including phenoxy) is 4. The molecular weight excluding hydrogens is 238 g/mol. The molecule has 1 aromatic rings. The average molecular weight is 253 g/mol. The molecule has 0 aliphatic carbocycles. The molecule has 6 nitrogen and oxygen atoms in total. The van der Waals surface area contributed by atoms with Gasteiger partial charge in [-0.15, -0.1) is 0 Å². The lowest BCUT2D eigenvalue weighted by Gasteiger charge is -2.19. The quantitative estimate of drug-likeness (QED) is 0.793. The van der Waals surface area contributed by atoms with Crippen molar-refractivity contribution < 1.29 is 23.7 Å². The first-order valence-corrected chi connectivity index (χ1v) is 5.48. The Kier molecular flexibility index (Phi) is 4.01. The lowest BCUT2D eigenvalue weighted by molar-refractivity contribution is -0.122. The zero-order valence-electron chi connectivity index (χ0n) is 10.3. The molecule has 0 aromatic heterocycles. The summed E-state index contributed by atoms with van der Waals surface area (Å²) in [5.41, 5.74) is 0.607. The Morgan fingerprint density at radius 2 is 2.17 bits per heavy atom. The summed E-state index contributed by atoms with van der Waals surface area (Å²) in [7, 11) is 3.08. The molecule has 0 saturated carbocycles. The van der Waals surface area contributed by atoms with Crippen LogP contribution in [0.3, 0.4) is 0 Å². The first-order chi connectivity index (χ1) is 8.72. The summed E-state index contributed by atoms with van der Waals surface area (Å²) in [6.07, 6.45) is -0.424. The summed E-state index contributed by atoms with van der Waals surface area (Å²) in [6, 6.07) is 5.21. The largest absolute Gasteiger partial charge is 0.488 e. The van der Waals surface area contributed by atoms with E-state index in [2.05, 4.69) is 5.32 Å². The second kappa shape index (κ2) is 5.70. The van der Waals surface area contributed by atoms with Crippen LogP contribution in [0, 0.1) is 0 Å². The van der Waals surface area contributed by atoms with Crippen LogP contribution in [0.5, 0.6) is 11.5 Å². The molecule has 1 amide bonds. The van der Waals surface area contributed by atoms with Crippen molar-refractivity contribution in [3.05, 3.63) is 18.2 Å². The number of anilines is 1. The van der Waals surface area contributed by atoms with E-state index in [9.17, 15) is 4.79 Å². The monoisotopic (exact) mass is 253 g/mol. The molecule has 18 heavy (non-hydrogen) atoms. The number of rotatable bonds is 5. The number of methoxy groups -OCH3 is 2. The summed E-state index contributed by atoms with van der Waals surface area (Å²) in [4.78, 5) is 11.2. The van der Waals surface area contributed by atoms with E-state index in [0.29, 0.717) is 17.2 Å². The Morgan fingerprint density at radius 3 is 2.89 bits per heavy atom. The summed E-state index contributed by atoms with van der Waals surface area (Å²) in [6.45, 7) is 0.309. The maximum atomic E-state index is 11.2. The number of carbonyl (C=O) groups excluding carboxylic acids is 1. The van der Waals surface area contributed by atoms with Gasteiger partial charge in [-0.2, -0.15) is 0 Å². The fourth-order valence-electron chi connectivity index (χ4n) is 1.55. The second-order valence-electron chi connectivity index (χ2n) is 3.71. The van der Waals surface area contributed by atoms with Gasteiger partial charge in [0.1, 0.15) is 18.1 Å². The number of nitrogens with one attached hydrogen (secondary N) is 1. The number of benzene rings is 1. The second-order valence-corrected chi connectivity index (χ2v) is 3.71. The topological polar surface area (TPSA) is 66.0 Å². The van der Waals surface area contributed by atoms with Crippen LogP contribution in [0.15, 0.2) is 18.2 Å². The lowest BCUT2D eigenvalue weighted by Crippen LogP contribution is -2.25. The number of hydrogen-bond donors (Lipinski definition) is 1. The Morgan fingerprint density at radius 1 is 1.39 bits per heavy atom. The van der Waals surface area contributed by atoms with Gasteiger partial charge in [0, 0.05) is 20.3 Å². The van der Waals surface area contributed by atoms with Crippen molar-refractivity contribution in [1.82, 2.24) is 0 Å². The van der Waals surface area contributed by atoms with Crippen molar-refractivity contribution >= 4 is 11.6 Å². The highest BCUT2D eigenvalue weighted by atomic mass is 16.7. The maximum Gasteiger partial charge on any atom is 0.262 e. The molecule has 0 fully saturated rings. The highest BCUT2D eigenvalue weighted by Crippen LogP contribution is 2.31. The zero-order valence-corrected chi connectivity index (χ0v) is 10.3. The van der Waals surface area contributed by atoms with Gasteiger partial charge in [-0.1, -0.05) is 0 Å². The van der Waals surface area contributed by atoms with Crippen LogP contribution < -0.4 is 14.8 Å². The molecular formula is C12H15NO5. The first-order valence-electron chi connectivity index (χ1n) is 5.48. The van der Waals surface area contributed by atoms with Crippen LogP contribution in [0.1, 0.15) is 0 Å². The molecule has 0 spiro atoms. The lowest BCUT2D eigenvalue weighted by atomic mass is 10.2. The van der Waals surface area contributed by atoms with Gasteiger partial charge in [0.15, 0.2) is 12.9 Å². The van der Waals surface area contributed by atoms with Crippen LogP contribution >= 0.6 is 0 Å². The van der Waals surface area contributed by atoms with E-state index in [-0.39, 0.29) is 19.1 Å². The Hall–Kier alpha value is -1.79. The molecule has 2 rings (SSSR count). The molecule has 1 aromatic carbocycles. The third-order valence-corrected chi connectivity index (χ3v) is 2.50. The first kappa shape index (κ1) is 12.7. The summed E-state index contributed by atoms with van der Waals surface area (Å²) in [5.74, 6) is 1.07. The van der Waals surface area contributed by atoms with Gasteiger partial charge < -0.3 is 24.3 Å². The van der Waals surface area contributed by atoms with Gasteiger partial charge in [-0.25, -0.2) is 0 Å². The molecule has 0 saturated heterocycles. The van der Waals surface area contributed by atoms with Gasteiger partial charge in [-0.05, 0) is 12.1 Å². The molecule has 1 aliphatic rings. The van der Waals surface area contributed by atoms with E-state index in [1.807, 2.05) is 0 Å². The predicted octanol–water partition coefficient (Wildman–Crippen LogP) is 1.02. The van der Waals surface area contributed by atoms with Gasteiger partial charge in [0.25, 0.3) is 5.91 Å². The van der Waals surface area contributed by atoms with E-state index < -0.39 is 6.29 Å². The van der Waals surface area contributed by atoms with Crippen molar-refractivity contribution in [2.24, 2.45) is 0 Å². The molecule has 0 atom stereocenters. The number of amides is 1. The molecule has 0 radical (unpaired) electrons. The summed E-state index contributed by atoms with van der Waals surface area (Å²) < 4.78 is 20.8. The molecule has 0 bridgehead atoms. The van der Waals surface area contributed by atoms with Crippen molar-refractivity contribution in [2.75, 3.05) is 32.8 Å². The van der Waals surface area contributed by atoms with E-state index in [0.717, 1.165) is 0 Å². The molecule has 1 aliphatic heterocycles. The van der Waals surface area contributed by atoms with E-state index in [4.69, 9.17) is 18.9 Å². The fourth-order valence-corrected chi connectivity index (χ4v) is 1.55. The summed E-state index contributed by atoms with van der Waals surface area (Å²) >= 11 is 0. The van der Waals surface area contributed by atoms with Gasteiger partial charge in [0.05, 0.1) is 5.69 Å². The van der Waals surface area contributed by atoms with Gasteiger partial charge in [-0.3, -0.25) is 4.79 Å². The third kappa shape index (κ3) is 2.91. The van der Waals surface area contributed by atoms with Crippen LogP contribution in [-0.4, -0.2) is 39.6 Å². The number of hydrogen-bond acceptors (Lipinski definition) is 5. The van der Waals surface area contributed by atoms with E-state index in [1.54, 1.807) is 32.4 Å². The van der Waals surface area contributed by atoms with E-state index in [1.165, 1.54) is 0 Å². The minimum absolute atomic E-state index is 0.0443. The van der Waals surface area contributed by atoms with Crippen LogP contribution in [0.2, 0.25) is 0 Å². The molecule has 6 heteroatoms. The van der Waals surface area contributed by atoms with Crippen LogP contribution in [-0.2, 0) is 14.3 Å². The summed E-state index contributed by atoms with van der Waals surface area (Å²) in [5, 5.41) is 2.71. The van der Waals surface area contributed by atoms with Crippen LogP contribution in [0.25, 0.3) is 0 Å². The molecule has 1 N–H and O–H groups in total. The Bertz CT molecular complexity index is 430. The SMILES string of the molecule is COC(COc1ccc2c(c1)NC(=O)CO2)OC. The average Bonchev–Trinajstić information content (AvgIpc) is 2.39. The zero-order chi connectivity index (χ0) is 13.0. The minimum atomic E-state index is -0.424. The third-order valence-electron chi connectivity index (χ3n) is 2.50. The normalized spacial score (nSPS) is 13.8. The highest BCUT2D eigenvalue weighted by Gasteiger charge is 2.16. The maximum absolute atomic E-state index is 11.2. The van der Waals surface area contributed by atoms with Crippen molar-refractivity contribution in [2.45, 2.75) is 6.29 Å². The molecule has 1 heterocycles. The molecule has 0 unspecified atom stereocenters. The minimum Gasteiger partial charge on any atom is -0.488 e. The standard InChI is InChI=1S/C12H15NO5/c1-15-12(16-2)7-17-8-3-4-10-9(5-8)13-11(14)6-18-10/h3-5,12H,6-7H2,1-2H3,(H,13,14). The van der Waals surface area contributed by atoms with Crippen molar-refractivity contribution in [3.8, 4) is 11.5 Å². The Labute approximate surface area is 105 Å². The molecule has 98 valence electrons. The Balaban J connectivity index is 2.02. The van der Waals surface area contributed by atoms with Crippen molar-refractivity contribution in [1.29, 1.82) is 0 Å². The van der Waals surface area contributed by atoms with Gasteiger partial charge in [0.2, 0.25) is 0 Å². The van der Waals surface area contributed by atoms with Gasteiger partial charge >= 0.3 is 0 Å². The number of fused-ring (bicyclic) bond motifs is 1. The van der Waals surface area contributed by atoms with Crippen LogP contribution in [0.4, 0.5) is 5.69 Å². The predicted molar refractivity (Wildman–Crippen MR) is 63.9 cm³/mol. The highest BCUT2D eigenvalue weighted by molar-refractivity contribution is 5.95. The smallest absolute Gasteiger partial charge is 0.262 e. The van der Waals surface area contributed by atoms with E-state index >= 15 is 0 Å².